The third-order valence-corrected chi connectivity index (χ3v) is 3.94. The molecule has 0 aliphatic carbocycles. The Balaban J connectivity index is 0.00000180. The highest BCUT2D eigenvalue weighted by atomic mass is 35.5. The number of hydrogen-bond donors (Lipinski definition) is 2. The first-order chi connectivity index (χ1) is 8.54. The third-order valence-electron chi connectivity index (χ3n) is 2.74. The van der Waals surface area contributed by atoms with E-state index >= 15 is 0 Å². The molecule has 7 heteroatoms. The Kier molecular flexibility index (Phi) is 5.34. The zero-order valence-electron chi connectivity index (χ0n) is 11.3. The molecule has 2 rings (SSSR count). The van der Waals surface area contributed by atoms with Crippen molar-refractivity contribution < 1.29 is 4.79 Å². The van der Waals surface area contributed by atoms with E-state index in [2.05, 4.69) is 24.3 Å². The molecule has 0 saturated carbocycles. The molecule has 0 bridgehead atoms. The Morgan fingerprint density at radius 1 is 1.58 bits per heavy atom. The van der Waals surface area contributed by atoms with Gasteiger partial charge in [0.1, 0.15) is 4.83 Å². The highest BCUT2D eigenvalue weighted by Crippen LogP contribution is 2.31. The van der Waals surface area contributed by atoms with Crippen molar-refractivity contribution >= 4 is 39.9 Å². The van der Waals surface area contributed by atoms with Crippen molar-refractivity contribution in [2.45, 2.75) is 19.8 Å². The SMILES string of the molecule is CC(C)c1nn(C)c2sc(C(=O)NCCN)cc12.Cl. The van der Waals surface area contributed by atoms with Crippen LogP contribution in [0.3, 0.4) is 0 Å². The summed E-state index contributed by atoms with van der Waals surface area (Å²) in [4.78, 5) is 13.6. The molecule has 0 spiro atoms. The molecular weight excluding hydrogens is 284 g/mol. The first kappa shape index (κ1) is 15.9. The Morgan fingerprint density at radius 3 is 2.84 bits per heavy atom. The van der Waals surface area contributed by atoms with Gasteiger partial charge in [-0.05, 0) is 12.0 Å². The molecule has 1 amide bonds. The van der Waals surface area contributed by atoms with Crippen molar-refractivity contribution in [2.24, 2.45) is 12.8 Å². The zero-order chi connectivity index (χ0) is 13.3. The summed E-state index contributed by atoms with van der Waals surface area (Å²) in [6, 6.07) is 1.92. The van der Waals surface area contributed by atoms with Crippen molar-refractivity contribution in [2.75, 3.05) is 13.1 Å². The van der Waals surface area contributed by atoms with Crippen molar-refractivity contribution in [3.05, 3.63) is 16.6 Å². The number of carbonyl (C=O) groups is 1. The van der Waals surface area contributed by atoms with E-state index in [9.17, 15) is 4.79 Å². The van der Waals surface area contributed by atoms with Gasteiger partial charge in [0, 0.05) is 25.5 Å². The maximum Gasteiger partial charge on any atom is 0.261 e. The van der Waals surface area contributed by atoms with Crippen molar-refractivity contribution in [3.8, 4) is 0 Å². The maximum absolute atomic E-state index is 11.9. The number of nitrogens with zero attached hydrogens (tertiary/aromatic N) is 2. The molecule has 0 saturated heterocycles. The standard InChI is InChI=1S/C12H18N4OS.ClH/c1-7(2)10-8-6-9(11(17)14-5-4-13)18-12(8)16(3)15-10;/h6-7H,4-5,13H2,1-3H3,(H,14,17);1H. The molecule has 19 heavy (non-hydrogen) atoms. The topological polar surface area (TPSA) is 72.9 Å². The number of aryl methyl sites for hydroxylation is 1. The van der Waals surface area contributed by atoms with Crippen LogP contribution in [-0.2, 0) is 7.05 Å². The van der Waals surface area contributed by atoms with E-state index in [-0.39, 0.29) is 18.3 Å². The molecule has 0 fully saturated rings. The summed E-state index contributed by atoms with van der Waals surface area (Å²) >= 11 is 1.47. The highest BCUT2D eigenvalue weighted by Gasteiger charge is 2.17. The van der Waals surface area contributed by atoms with Gasteiger partial charge in [-0.25, -0.2) is 0 Å². The fourth-order valence-electron chi connectivity index (χ4n) is 1.88. The van der Waals surface area contributed by atoms with Crippen molar-refractivity contribution in [1.82, 2.24) is 15.1 Å². The second kappa shape index (κ2) is 6.36. The van der Waals surface area contributed by atoms with Crippen LogP contribution in [0.4, 0.5) is 0 Å². The van der Waals surface area contributed by atoms with Crippen LogP contribution in [0.15, 0.2) is 6.07 Å². The number of rotatable bonds is 4. The predicted octanol–water partition coefficient (Wildman–Crippen LogP) is 1.87. The van der Waals surface area contributed by atoms with Gasteiger partial charge >= 0.3 is 0 Å². The fraction of sp³-hybridized carbons (Fsp3) is 0.500. The number of amides is 1. The first-order valence-corrected chi connectivity index (χ1v) is 6.81. The Hall–Kier alpha value is -1.11. The normalized spacial score (nSPS) is 10.8. The average Bonchev–Trinajstić information content (AvgIpc) is 2.87. The van der Waals surface area contributed by atoms with Gasteiger partial charge in [0.25, 0.3) is 5.91 Å². The minimum Gasteiger partial charge on any atom is -0.350 e. The van der Waals surface area contributed by atoms with E-state index in [1.807, 2.05) is 17.8 Å². The molecule has 0 aromatic carbocycles. The second-order valence-corrected chi connectivity index (χ2v) is 5.57. The van der Waals surface area contributed by atoms with Gasteiger partial charge in [-0.3, -0.25) is 9.48 Å². The van der Waals surface area contributed by atoms with Gasteiger partial charge in [-0.2, -0.15) is 5.10 Å². The van der Waals surface area contributed by atoms with E-state index in [0.717, 1.165) is 15.9 Å². The molecule has 106 valence electrons. The number of nitrogens with one attached hydrogen (secondary N) is 1. The van der Waals surface area contributed by atoms with Crippen LogP contribution in [-0.4, -0.2) is 28.8 Å². The summed E-state index contributed by atoms with van der Waals surface area (Å²) < 4.78 is 1.84. The number of fused-ring (bicyclic) bond motifs is 1. The minimum atomic E-state index is -0.0589. The minimum absolute atomic E-state index is 0. The largest absolute Gasteiger partial charge is 0.350 e. The molecule has 2 heterocycles. The van der Waals surface area contributed by atoms with Crippen LogP contribution in [0.5, 0.6) is 0 Å². The molecule has 0 radical (unpaired) electrons. The van der Waals surface area contributed by atoms with Crippen LogP contribution in [0.2, 0.25) is 0 Å². The zero-order valence-corrected chi connectivity index (χ0v) is 12.9. The van der Waals surface area contributed by atoms with Gasteiger partial charge in [0.05, 0.1) is 10.6 Å². The molecular formula is C12H19ClN4OS. The first-order valence-electron chi connectivity index (χ1n) is 5.99. The number of nitrogens with two attached hydrogens (primary N) is 1. The van der Waals surface area contributed by atoms with E-state index < -0.39 is 0 Å². The van der Waals surface area contributed by atoms with Crippen LogP contribution in [0, 0.1) is 0 Å². The summed E-state index contributed by atoms with van der Waals surface area (Å²) in [5, 5.41) is 8.35. The fourth-order valence-corrected chi connectivity index (χ4v) is 2.87. The van der Waals surface area contributed by atoms with Crippen molar-refractivity contribution in [3.63, 3.8) is 0 Å². The summed E-state index contributed by atoms with van der Waals surface area (Å²) in [6.45, 7) is 5.17. The van der Waals surface area contributed by atoms with E-state index in [1.165, 1.54) is 11.3 Å². The lowest BCUT2D eigenvalue weighted by molar-refractivity contribution is 0.0959. The Bertz CT molecular complexity index is 576. The van der Waals surface area contributed by atoms with Gasteiger partial charge in [0.15, 0.2) is 0 Å². The van der Waals surface area contributed by atoms with Crippen LogP contribution >= 0.6 is 23.7 Å². The summed E-state index contributed by atoms with van der Waals surface area (Å²) in [7, 11) is 1.91. The summed E-state index contributed by atoms with van der Waals surface area (Å²) in [5.74, 6) is 0.291. The van der Waals surface area contributed by atoms with Crippen molar-refractivity contribution in [1.29, 1.82) is 0 Å². The van der Waals surface area contributed by atoms with Crippen LogP contribution in [0.25, 0.3) is 10.2 Å². The molecule has 0 atom stereocenters. The quantitative estimate of drug-likeness (QED) is 0.905. The lowest BCUT2D eigenvalue weighted by Crippen LogP contribution is -2.28. The van der Waals surface area contributed by atoms with Gasteiger partial charge < -0.3 is 11.1 Å². The van der Waals surface area contributed by atoms with Crippen LogP contribution in [0.1, 0.15) is 35.1 Å². The van der Waals surface area contributed by atoms with Gasteiger partial charge in [-0.1, -0.05) is 13.8 Å². The monoisotopic (exact) mass is 302 g/mol. The molecule has 2 aromatic heterocycles. The maximum atomic E-state index is 11.9. The number of carbonyl (C=O) groups excluding carboxylic acids is 1. The highest BCUT2D eigenvalue weighted by molar-refractivity contribution is 7.20. The molecule has 0 aliphatic rings. The smallest absolute Gasteiger partial charge is 0.261 e. The summed E-state index contributed by atoms with van der Waals surface area (Å²) in [6.07, 6.45) is 0. The number of halogens is 1. The molecule has 3 N–H and O–H groups in total. The van der Waals surface area contributed by atoms with Gasteiger partial charge in [-0.15, -0.1) is 23.7 Å². The lowest BCUT2D eigenvalue weighted by atomic mass is 10.1. The lowest BCUT2D eigenvalue weighted by Gasteiger charge is -2.00. The van der Waals surface area contributed by atoms with E-state index in [0.29, 0.717) is 23.9 Å². The summed E-state index contributed by atoms with van der Waals surface area (Å²) in [5.41, 5.74) is 6.42. The van der Waals surface area contributed by atoms with E-state index in [4.69, 9.17) is 5.73 Å². The molecule has 2 aromatic rings. The Morgan fingerprint density at radius 2 is 2.26 bits per heavy atom. The third kappa shape index (κ3) is 3.08. The average molecular weight is 303 g/mol. The number of thiophene rings is 1. The molecule has 5 nitrogen and oxygen atoms in total. The second-order valence-electron chi connectivity index (χ2n) is 4.54. The Labute approximate surface area is 122 Å². The van der Waals surface area contributed by atoms with E-state index in [1.54, 1.807) is 0 Å². The predicted molar refractivity (Wildman–Crippen MR) is 81.3 cm³/mol. The number of aromatic nitrogens is 2. The molecule has 0 aliphatic heterocycles. The van der Waals surface area contributed by atoms with Crippen LogP contribution < -0.4 is 11.1 Å². The number of hydrogen-bond acceptors (Lipinski definition) is 4. The molecule has 0 unspecified atom stereocenters. The van der Waals surface area contributed by atoms with Gasteiger partial charge in [0.2, 0.25) is 0 Å².